The Bertz CT molecular complexity index is 717. The van der Waals surface area contributed by atoms with Crippen LogP contribution in [-0.2, 0) is 0 Å². The van der Waals surface area contributed by atoms with Crippen LogP contribution in [0.4, 0.5) is 16.2 Å². The zero-order chi connectivity index (χ0) is 15.2. The number of nitrogens with zero attached hydrogens (tertiary/aromatic N) is 1. The predicted molar refractivity (Wildman–Crippen MR) is 78.8 cm³/mol. The Morgan fingerprint density at radius 3 is 2.33 bits per heavy atom. The minimum Gasteiger partial charge on any atom is -0.351 e. The van der Waals surface area contributed by atoms with Crippen molar-refractivity contribution in [3.63, 3.8) is 0 Å². The Labute approximate surface area is 121 Å². The van der Waals surface area contributed by atoms with Crippen LogP contribution in [0.15, 0.2) is 48.5 Å². The summed E-state index contributed by atoms with van der Waals surface area (Å²) in [5, 5.41) is 13.9. The summed E-state index contributed by atoms with van der Waals surface area (Å²) in [5.41, 5.74) is 6.93. The first kappa shape index (κ1) is 14.1. The van der Waals surface area contributed by atoms with Crippen LogP contribution in [0.2, 0.25) is 0 Å². The van der Waals surface area contributed by atoms with Crippen LogP contribution in [0, 0.1) is 11.3 Å². The van der Waals surface area contributed by atoms with Gasteiger partial charge in [-0.3, -0.25) is 4.79 Å². The second-order valence-corrected chi connectivity index (χ2v) is 4.21. The van der Waals surface area contributed by atoms with Crippen molar-refractivity contribution in [3.8, 4) is 6.07 Å². The van der Waals surface area contributed by atoms with Crippen LogP contribution in [0.5, 0.6) is 0 Å². The first-order valence-corrected chi connectivity index (χ1v) is 6.06. The SMILES string of the molecule is N#Cc1cccc(NC(=O)c2ccc(NC(N)=O)cc2)c1. The normalized spacial score (nSPS) is 9.48. The van der Waals surface area contributed by atoms with E-state index in [0.717, 1.165) is 0 Å². The number of urea groups is 1. The molecule has 3 amide bonds. The highest BCUT2D eigenvalue weighted by Gasteiger charge is 2.06. The van der Waals surface area contributed by atoms with E-state index in [0.29, 0.717) is 22.5 Å². The molecule has 0 aliphatic rings. The summed E-state index contributed by atoms with van der Waals surface area (Å²) < 4.78 is 0. The molecule has 2 aromatic carbocycles. The number of benzene rings is 2. The van der Waals surface area contributed by atoms with E-state index in [9.17, 15) is 9.59 Å². The molecule has 0 aliphatic carbocycles. The van der Waals surface area contributed by atoms with Crippen LogP contribution in [0.3, 0.4) is 0 Å². The van der Waals surface area contributed by atoms with Crippen molar-refractivity contribution in [2.75, 3.05) is 10.6 Å². The Kier molecular flexibility index (Phi) is 4.17. The zero-order valence-electron chi connectivity index (χ0n) is 11.0. The Balaban J connectivity index is 2.09. The maximum absolute atomic E-state index is 12.0. The van der Waals surface area contributed by atoms with Gasteiger partial charge in [-0.15, -0.1) is 0 Å². The summed E-state index contributed by atoms with van der Waals surface area (Å²) in [5.74, 6) is -0.310. The zero-order valence-corrected chi connectivity index (χ0v) is 11.0. The molecule has 0 aromatic heterocycles. The van der Waals surface area contributed by atoms with Crippen molar-refractivity contribution < 1.29 is 9.59 Å². The highest BCUT2D eigenvalue weighted by molar-refractivity contribution is 6.04. The number of hydrogen-bond donors (Lipinski definition) is 3. The van der Waals surface area contributed by atoms with Crippen LogP contribution < -0.4 is 16.4 Å². The second-order valence-electron chi connectivity index (χ2n) is 4.21. The number of hydrogen-bond acceptors (Lipinski definition) is 3. The third-order valence-electron chi connectivity index (χ3n) is 2.66. The van der Waals surface area contributed by atoms with Crippen molar-refractivity contribution in [1.29, 1.82) is 5.26 Å². The molecule has 4 N–H and O–H groups in total. The number of anilines is 2. The lowest BCUT2D eigenvalue weighted by Crippen LogP contribution is -2.19. The average molecular weight is 280 g/mol. The van der Waals surface area contributed by atoms with Crippen molar-refractivity contribution >= 4 is 23.3 Å². The summed E-state index contributed by atoms with van der Waals surface area (Å²) >= 11 is 0. The fourth-order valence-electron chi connectivity index (χ4n) is 1.72. The smallest absolute Gasteiger partial charge is 0.316 e. The Morgan fingerprint density at radius 2 is 1.71 bits per heavy atom. The van der Waals surface area contributed by atoms with Crippen molar-refractivity contribution in [3.05, 3.63) is 59.7 Å². The van der Waals surface area contributed by atoms with Gasteiger partial charge in [0.25, 0.3) is 5.91 Å². The molecule has 0 heterocycles. The minimum atomic E-state index is -0.666. The quantitative estimate of drug-likeness (QED) is 0.802. The molecule has 0 bridgehead atoms. The first-order chi connectivity index (χ1) is 10.1. The number of amides is 3. The molecular formula is C15H12N4O2. The van der Waals surface area contributed by atoms with E-state index in [2.05, 4.69) is 10.6 Å². The van der Waals surface area contributed by atoms with Gasteiger partial charge >= 0.3 is 6.03 Å². The molecule has 21 heavy (non-hydrogen) atoms. The maximum Gasteiger partial charge on any atom is 0.316 e. The maximum atomic E-state index is 12.0. The monoisotopic (exact) mass is 280 g/mol. The van der Waals surface area contributed by atoms with Crippen LogP contribution in [0.1, 0.15) is 15.9 Å². The summed E-state index contributed by atoms with van der Waals surface area (Å²) in [7, 11) is 0. The lowest BCUT2D eigenvalue weighted by Gasteiger charge is -2.06. The van der Waals surface area contributed by atoms with E-state index < -0.39 is 6.03 Å². The van der Waals surface area contributed by atoms with Gasteiger partial charge in [0.1, 0.15) is 0 Å². The fraction of sp³-hybridized carbons (Fsp3) is 0. The van der Waals surface area contributed by atoms with Gasteiger partial charge in [0.2, 0.25) is 0 Å². The van der Waals surface area contributed by atoms with Gasteiger partial charge in [-0.2, -0.15) is 5.26 Å². The first-order valence-electron chi connectivity index (χ1n) is 6.06. The molecule has 0 saturated carbocycles. The van der Waals surface area contributed by atoms with Gasteiger partial charge in [-0.25, -0.2) is 4.79 Å². The highest BCUT2D eigenvalue weighted by Crippen LogP contribution is 2.13. The van der Waals surface area contributed by atoms with E-state index in [4.69, 9.17) is 11.0 Å². The molecule has 0 atom stereocenters. The number of nitrogens with two attached hydrogens (primary N) is 1. The minimum absolute atomic E-state index is 0.310. The van der Waals surface area contributed by atoms with Gasteiger partial charge in [-0.05, 0) is 42.5 Å². The third kappa shape index (κ3) is 3.81. The molecule has 6 nitrogen and oxygen atoms in total. The summed E-state index contributed by atoms with van der Waals surface area (Å²) in [6.45, 7) is 0. The molecular weight excluding hydrogens is 268 g/mol. The number of nitrogens with one attached hydrogen (secondary N) is 2. The number of primary amides is 1. The second kappa shape index (κ2) is 6.21. The van der Waals surface area contributed by atoms with Crippen LogP contribution in [-0.4, -0.2) is 11.9 Å². The Morgan fingerprint density at radius 1 is 1.00 bits per heavy atom. The topological polar surface area (TPSA) is 108 Å². The summed E-state index contributed by atoms with van der Waals surface area (Å²) in [6.07, 6.45) is 0. The molecule has 2 aromatic rings. The van der Waals surface area contributed by atoms with E-state index in [1.807, 2.05) is 6.07 Å². The van der Waals surface area contributed by atoms with Gasteiger partial charge in [0.15, 0.2) is 0 Å². The average Bonchev–Trinajstić information content (AvgIpc) is 2.47. The largest absolute Gasteiger partial charge is 0.351 e. The molecule has 0 aliphatic heterocycles. The van der Waals surface area contributed by atoms with Crippen molar-refractivity contribution in [1.82, 2.24) is 0 Å². The molecule has 6 heteroatoms. The van der Waals surface area contributed by atoms with Crippen molar-refractivity contribution in [2.24, 2.45) is 5.73 Å². The Hall–Kier alpha value is -3.33. The van der Waals surface area contributed by atoms with Crippen LogP contribution in [0.25, 0.3) is 0 Å². The summed E-state index contributed by atoms with van der Waals surface area (Å²) in [4.78, 5) is 22.7. The lowest BCUT2D eigenvalue weighted by molar-refractivity contribution is 0.102. The molecule has 0 spiro atoms. The third-order valence-corrected chi connectivity index (χ3v) is 2.66. The number of rotatable bonds is 3. The number of nitriles is 1. The van der Waals surface area contributed by atoms with Crippen LogP contribution >= 0.6 is 0 Å². The molecule has 0 radical (unpaired) electrons. The van der Waals surface area contributed by atoms with E-state index in [1.54, 1.807) is 48.5 Å². The highest BCUT2D eigenvalue weighted by atomic mass is 16.2. The number of carbonyl (C=O) groups is 2. The lowest BCUT2D eigenvalue weighted by atomic mass is 10.1. The van der Waals surface area contributed by atoms with Crippen molar-refractivity contribution in [2.45, 2.75) is 0 Å². The van der Waals surface area contributed by atoms with E-state index >= 15 is 0 Å². The molecule has 0 unspecified atom stereocenters. The summed E-state index contributed by atoms with van der Waals surface area (Å²) in [6, 6.07) is 14.2. The van der Waals surface area contributed by atoms with Gasteiger partial charge in [0, 0.05) is 16.9 Å². The fourth-order valence-corrected chi connectivity index (χ4v) is 1.72. The predicted octanol–water partition coefficient (Wildman–Crippen LogP) is 2.30. The van der Waals surface area contributed by atoms with Gasteiger partial charge in [-0.1, -0.05) is 6.07 Å². The van der Waals surface area contributed by atoms with Gasteiger partial charge in [0.05, 0.1) is 11.6 Å². The molecule has 0 fully saturated rings. The number of carbonyl (C=O) groups excluding carboxylic acids is 2. The van der Waals surface area contributed by atoms with Gasteiger partial charge < -0.3 is 16.4 Å². The standard InChI is InChI=1S/C15H12N4O2/c16-9-10-2-1-3-13(8-10)18-14(20)11-4-6-12(7-5-11)19-15(17)21/h1-8H,(H,18,20)(H3,17,19,21). The van der Waals surface area contributed by atoms with E-state index in [-0.39, 0.29) is 5.91 Å². The van der Waals surface area contributed by atoms with E-state index in [1.165, 1.54) is 0 Å². The molecule has 0 saturated heterocycles. The molecule has 104 valence electrons. The molecule has 2 rings (SSSR count).